The second-order valence-corrected chi connectivity index (χ2v) is 10.1. The molecule has 2 aliphatic rings. The van der Waals surface area contributed by atoms with Crippen LogP contribution in [0.25, 0.3) is 0 Å². The largest absolute Gasteiger partial charge is 0.372 e. The quantitative estimate of drug-likeness (QED) is 0.617. The number of hydrogen-bond acceptors (Lipinski definition) is 6. The van der Waals surface area contributed by atoms with Crippen LogP contribution in [0, 0.1) is 13.8 Å². The molecule has 0 aliphatic carbocycles. The molecule has 2 amide bonds. The van der Waals surface area contributed by atoms with Gasteiger partial charge in [-0.2, -0.15) is 0 Å². The normalized spacial score (nSPS) is 21.3. The van der Waals surface area contributed by atoms with Crippen molar-refractivity contribution in [1.82, 2.24) is 9.80 Å². The van der Waals surface area contributed by atoms with Crippen molar-refractivity contribution >= 4 is 28.9 Å². The van der Waals surface area contributed by atoms with E-state index in [1.54, 1.807) is 0 Å². The monoisotopic (exact) mass is 493 g/mol. The Labute approximate surface area is 214 Å². The van der Waals surface area contributed by atoms with Gasteiger partial charge in [0.2, 0.25) is 11.8 Å². The molecule has 194 valence electrons. The van der Waals surface area contributed by atoms with Crippen LogP contribution in [0.5, 0.6) is 0 Å². The van der Waals surface area contributed by atoms with Crippen molar-refractivity contribution in [3.8, 4) is 0 Å². The van der Waals surface area contributed by atoms with Crippen LogP contribution in [0.3, 0.4) is 0 Å². The maximum Gasteiger partial charge on any atom is 0.238 e. The van der Waals surface area contributed by atoms with Crippen molar-refractivity contribution in [3.05, 3.63) is 53.6 Å². The third-order valence-corrected chi connectivity index (χ3v) is 7.01. The number of nitrogens with zero attached hydrogens (tertiary/aromatic N) is 3. The number of anilines is 3. The molecular weight excluding hydrogens is 454 g/mol. The maximum absolute atomic E-state index is 12.6. The second-order valence-electron chi connectivity index (χ2n) is 10.1. The molecule has 0 radical (unpaired) electrons. The predicted molar refractivity (Wildman–Crippen MR) is 145 cm³/mol. The van der Waals surface area contributed by atoms with Crippen LogP contribution in [-0.2, 0) is 14.3 Å². The van der Waals surface area contributed by atoms with Crippen molar-refractivity contribution in [2.75, 3.05) is 67.9 Å². The van der Waals surface area contributed by atoms with Gasteiger partial charge in [-0.05, 0) is 69.2 Å². The molecule has 2 fully saturated rings. The van der Waals surface area contributed by atoms with E-state index in [0.29, 0.717) is 13.1 Å². The van der Waals surface area contributed by atoms with Gasteiger partial charge in [0.1, 0.15) is 0 Å². The summed E-state index contributed by atoms with van der Waals surface area (Å²) in [6.07, 6.45) is 0.417. The second kappa shape index (κ2) is 11.9. The summed E-state index contributed by atoms with van der Waals surface area (Å²) in [5.74, 6) is -0.0168. The van der Waals surface area contributed by atoms with Gasteiger partial charge in [0, 0.05) is 56.3 Å². The molecule has 2 unspecified atom stereocenters. The Kier molecular flexibility index (Phi) is 8.61. The van der Waals surface area contributed by atoms with E-state index < -0.39 is 0 Å². The molecule has 0 aromatic heterocycles. The van der Waals surface area contributed by atoms with Crippen LogP contribution in [0.2, 0.25) is 0 Å². The zero-order valence-electron chi connectivity index (χ0n) is 21.9. The molecule has 0 saturated carbocycles. The third kappa shape index (κ3) is 7.06. The molecule has 0 spiro atoms. The number of hydrogen-bond donors (Lipinski definition) is 2. The Morgan fingerprint density at radius 3 is 1.97 bits per heavy atom. The average molecular weight is 494 g/mol. The number of nitrogens with one attached hydrogen (secondary N) is 2. The number of benzene rings is 2. The molecule has 2 aromatic carbocycles. The number of carbonyl (C=O) groups excluding carboxylic acids is 2. The summed E-state index contributed by atoms with van der Waals surface area (Å²) in [6.45, 7) is 13.8. The van der Waals surface area contributed by atoms with Gasteiger partial charge in [-0.15, -0.1) is 0 Å². The van der Waals surface area contributed by atoms with Crippen molar-refractivity contribution in [2.24, 2.45) is 0 Å². The molecule has 2 atom stereocenters. The summed E-state index contributed by atoms with van der Waals surface area (Å²) >= 11 is 0. The number of morpholine rings is 1. The average Bonchev–Trinajstić information content (AvgIpc) is 2.83. The Hall–Kier alpha value is -2.94. The molecule has 2 heterocycles. The van der Waals surface area contributed by atoms with Gasteiger partial charge in [-0.1, -0.05) is 12.1 Å². The van der Waals surface area contributed by atoms with E-state index in [4.69, 9.17) is 4.74 Å². The Bertz CT molecular complexity index is 1040. The van der Waals surface area contributed by atoms with Crippen LogP contribution < -0.4 is 15.5 Å². The lowest BCUT2D eigenvalue weighted by molar-refractivity contribution is -0.120. The molecule has 2 N–H and O–H groups in total. The minimum atomic E-state index is -0.0162. The summed E-state index contributed by atoms with van der Waals surface area (Å²) in [7, 11) is 0. The smallest absolute Gasteiger partial charge is 0.238 e. The molecule has 0 bridgehead atoms. The summed E-state index contributed by atoms with van der Waals surface area (Å²) in [5, 5.41) is 6.05. The van der Waals surface area contributed by atoms with Gasteiger partial charge in [0.05, 0.1) is 25.3 Å². The fraction of sp³-hybridized carbons (Fsp3) is 0.500. The van der Waals surface area contributed by atoms with Gasteiger partial charge in [0.15, 0.2) is 0 Å². The SMILES string of the molecule is Cc1cccc(NC(=O)CN2CCN(CC(=O)Nc3ccc(N4CC(C)OC(C)C4)cc3)CC2)c1C. The molecule has 2 saturated heterocycles. The van der Waals surface area contributed by atoms with E-state index in [0.717, 1.165) is 67.5 Å². The highest BCUT2D eigenvalue weighted by atomic mass is 16.5. The molecule has 8 heteroatoms. The molecule has 4 rings (SSSR count). The Morgan fingerprint density at radius 1 is 0.833 bits per heavy atom. The Morgan fingerprint density at radius 2 is 1.39 bits per heavy atom. The van der Waals surface area contributed by atoms with Crippen LogP contribution in [0.4, 0.5) is 17.1 Å². The van der Waals surface area contributed by atoms with E-state index in [2.05, 4.69) is 51.3 Å². The van der Waals surface area contributed by atoms with Crippen molar-refractivity contribution < 1.29 is 14.3 Å². The molecule has 2 aromatic rings. The summed E-state index contributed by atoms with van der Waals surface area (Å²) in [4.78, 5) is 31.7. The van der Waals surface area contributed by atoms with Gasteiger partial charge < -0.3 is 20.3 Å². The lowest BCUT2D eigenvalue weighted by Gasteiger charge is -2.37. The lowest BCUT2D eigenvalue weighted by atomic mass is 10.1. The van der Waals surface area contributed by atoms with Crippen LogP contribution >= 0.6 is 0 Å². The zero-order valence-corrected chi connectivity index (χ0v) is 21.9. The number of ether oxygens (including phenoxy) is 1. The van der Waals surface area contributed by atoms with E-state index in [1.807, 2.05) is 44.2 Å². The minimum absolute atomic E-state index is 0.000617. The maximum atomic E-state index is 12.6. The summed E-state index contributed by atoms with van der Waals surface area (Å²) < 4.78 is 5.82. The fourth-order valence-corrected chi connectivity index (χ4v) is 4.93. The number of aryl methyl sites for hydroxylation is 1. The molecule has 8 nitrogen and oxygen atoms in total. The van der Waals surface area contributed by atoms with Crippen LogP contribution in [0.1, 0.15) is 25.0 Å². The molecular formula is C28H39N5O3. The first-order valence-corrected chi connectivity index (χ1v) is 12.9. The van der Waals surface area contributed by atoms with Crippen molar-refractivity contribution in [2.45, 2.75) is 39.9 Å². The van der Waals surface area contributed by atoms with Crippen LogP contribution in [0.15, 0.2) is 42.5 Å². The summed E-state index contributed by atoms with van der Waals surface area (Å²) in [6, 6.07) is 14.0. The topological polar surface area (TPSA) is 77.2 Å². The minimum Gasteiger partial charge on any atom is -0.372 e. The van der Waals surface area contributed by atoms with Crippen molar-refractivity contribution in [1.29, 1.82) is 0 Å². The summed E-state index contributed by atoms with van der Waals surface area (Å²) in [5.41, 5.74) is 5.09. The van der Waals surface area contributed by atoms with Crippen LogP contribution in [-0.4, -0.2) is 86.2 Å². The fourth-order valence-electron chi connectivity index (χ4n) is 4.93. The number of carbonyl (C=O) groups is 2. The highest BCUT2D eigenvalue weighted by Gasteiger charge is 2.23. The Balaban J connectivity index is 1.18. The molecule has 36 heavy (non-hydrogen) atoms. The first kappa shape index (κ1) is 26.1. The van der Waals surface area contributed by atoms with Gasteiger partial charge in [-0.3, -0.25) is 19.4 Å². The van der Waals surface area contributed by atoms with Gasteiger partial charge >= 0.3 is 0 Å². The third-order valence-electron chi connectivity index (χ3n) is 7.01. The van der Waals surface area contributed by atoms with E-state index in [-0.39, 0.29) is 24.0 Å². The highest BCUT2D eigenvalue weighted by molar-refractivity contribution is 5.93. The number of piperazine rings is 1. The van der Waals surface area contributed by atoms with E-state index in [9.17, 15) is 9.59 Å². The van der Waals surface area contributed by atoms with E-state index in [1.165, 1.54) is 0 Å². The van der Waals surface area contributed by atoms with E-state index >= 15 is 0 Å². The van der Waals surface area contributed by atoms with Gasteiger partial charge in [0.25, 0.3) is 0 Å². The predicted octanol–water partition coefficient (Wildman–Crippen LogP) is 3.11. The number of rotatable bonds is 7. The van der Waals surface area contributed by atoms with Gasteiger partial charge in [-0.25, -0.2) is 0 Å². The highest BCUT2D eigenvalue weighted by Crippen LogP contribution is 2.22. The number of amides is 2. The zero-order chi connectivity index (χ0) is 25.7. The first-order chi connectivity index (χ1) is 17.3. The van der Waals surface area contributed by atoms with Crippen molar-refractivity contribution in [3.63, 3.8) is 0 Å². The standard InChI is InChI=1S/C28H39N5O3/c1-20-6-5-7-26(23(20)4)30-28(35)19-32-14-12-31(13-15-32)18-27(34)29-24-8-10-25(11-9-24)33-16-21(2)36-22(3)17-33/h5-11,21-22H,12-19H2,1-4H3,(H,29,34)(H,30,35). The lowest BCUT2D eigenvalue weighted by Crippen LogP contribution is -2.50. The first-order valence-electron chi connectivity index (χ1n) is 12.9. The molecule has 2 aliphatic heterocycles.